The minimum absolute atomic E-state index is 0.239. The van der Waals surface area contributed by atoms with Crippen LogP contribution in [0.15, 0.2) is 24.4 Å². The first kappa shape index (κ1) is 19.0. The zero-order chi connectivity index (χ0) is 19.9. The van der Waals surface area contributed by atoms with Crippen LogP contribution in [0.1, 0.15) is 40.6 Å². The first-order chi connectivity index (χ1) is 13.4. The topological polar surface area (TPSA) is 106 Å². The van der Waals surface area contributed by atoms with Crippen LogP contribution in [-0.2, 0) is 21.6 Å². The number of hydrogen-bond donors (Lipinski definition) is 2. The highest BCUT2D eigenvalue weighted by atomic mass is 32.1. The molecule has 3 N–H and O–H groups in total. The number of ether oxygens (including phenoxy) is 1. The molecule has 2 aliphatic heterocycles. The number of nitrogens with zero attached hydrogens (tertiary/aromatic N) is 2. The molecule has 28 heavy (non-hydrogen) atoms. The van der Waals surface area contributed by atoms with Crippen molar-refractivity contribution in [2.24, 2.45) is 5.73 Å². The minimum Gasteiger partial charge on any atom is -0.384 e. The Balaban J connectivity index is 1.65. The van der Waals surface area contributed by atoms with E-state index < -0.39 is 17.6 Å². The number of aliphatic hydroxyl groups is 1. The Bertz CT molecular complexity index is 916. The fraction of sp³-hybridized carbons (Fsp3) is 0.450. The van der Waals surface area contributed by atoms with E-state index in [1.165, 1.54) is 12.5 Å². The molecule has 0 aromatic carbocycles. The van der Waals surface area contributed by atoms with Gasteiger partial charge in [-0.3, -0.25) is 14.6 Å². The summed E-state index contributed by atoms with van der Waals surface area (Å²) in [7, 11) is 0. The predicted molar refractivity (Wildman–Crippen MR) is 105 cm³/mol. The number of carbonyl (C=O) groups is 2. The van der Waals surface area contributed by atoms with Crippen LogP contribution < -0.4 is 5.73 Å². The van der Waals surface area contributed by atoms with E-state index in [0.717, 1.165) is 16.2 Å². The summed E-state index contributed by atoms with van der Waals surface area (Å²) >= 11 is 1.59. The van der Waals surface area contributed by atoms with Crippen LogP contribution in [0, 0.1) is 0 Å². The van der Waals surface area contributed by atoms with Crippen LogP contribution in [-0.4, -0.2) is 52.6 Å². The van der Waals surface area contributed by atoms with E-state index in [1.54, 1.807) is 34.6 Å². The number of aliphatic hydroxyl groups excluding tert-OH is 1. The van der Waals surface area contributed by atoms with E-state index >= 15 is 0 Å². The van der Waals surface area contributed by atoms with E-state index in [0.29, 0.717) is 43.8 Å². The average Bonchev–Trinajstić information content (AvgIpc) is 3.14. The van der Waals surface area contributed by atoms with Crippen molar-refractivity contribution in [3.8, 4) is 10.6 Å². The first-order valence-corrected chi connectivity index (χ1v) is 10.2. The molecule has 0 unspecified atom stereocenters. The second-order valence-corrected chi connectivity index (χ2v) is 8.38. The molecule has 0 saturated carbocycles. The lowest BCUT2D eigenvalue weighted by atomic mass is 9.85. The number of rotatable bonds is 3. The largest absolute Gasteiger partial charge is 0.384 e. The zero-order valence-electron chi connectivity index (χ0n) is 15.7. The lowest BCUT2D eigenvalue weighted by molar-refractivity contribution is -0.147. The van der Waals surface area contributed by atoms with Crippen molar-refractivity contribution in [3.63, 3.8) is 0 Å². The fourth-order valence-electron chi connectivity index (χ4n) is 4.06. The molecule has 7 nitrogen and oxygen atoms in total. The lowest BCUT2D eigenvalue weighted by Gasteiger charge is -2.44. The molecule has 2 amide bonds. The smallest absolute Gasteiger partial charge is 0.251 e. The van der Waals surface area contributed by atoms with Crippen LogP contribution in [0.3, 0.4) is 0 Å². The Morgan fingerprint density at radius 3 is 2.82 bits per heavy atom. The van der Waals surface area contributed by atoms with Crippen LogP contribution in [0.2, 0.25) is 0 Å². The van der Waals surface area contributed by atoms with E-state index in [1.807, 2.05) is 0 Å². The second-order valence-electron chi connectivity index (χ2n) is 7.32. The summed E-state index contributed by atoms with van der Waals surface area (Å²) in [6, 6.07) is 5.48. The van der Waals surface area contributed by atoms with Gasteiger partial charge in [-0.1, -0.05) is 0 Å². The maximum absolute atomic E-state index is 12.1. The maximum atomic E-state index is 12.1. The van der Waals surface area contributed by atoms with Crippen molar-refractivity contribution in [2.45, 2.75) is 37.9 Å². The van der Waals surface area contributed by atoms with Crippen LogP contribution >= 0.6 is 11.3 Å². The van der Waals surface area contributed by atoms with Gasteiger partial charge in [0.15, 0.2) is 0 Å². The number of nitrogens with two attached hydrogens (primary N) is 1. The molecule has 4 heterocycles. The van der Waals surface area contributed by atoms with E-state index in [-0.39, 0.29) is 5.91 Å². The van der Waals surface area contributed by atoms with Gasteiger partial charge in [0.05, 0.1) is 22.7 Å². The Hall–Kier alpha value is -2.29. The Morgan fingerprint density at radius 1 is 1.39 bits per heavy atom. The molecule has 1 fully saturated rings. The van der Waals surface area contributed by atoms with Crippen molar-refractivity contribution in [2.75, 3.05) is 19.7 Å². The third kappa shape index (κ3) is 3.21. The standard InChI is InChI=1S/C20H23N3O4S/c1-12(24)19(26)23-8-5-20(6-9-23)17-13(4-10-27-20)11-15(28-17)16-14(18(21)25)3-2-7-22-16/h2-3,7,11-12,24H,4-6,8-10H2,1H3,(H2,21,25)/t12-/m0/s1. The van der Waals surface area contributed by atoms with Crippen molar-refractivity contribution in [3.05, 3.63) is 40.4 Å². The third-order valence-corrected chi connectivity index (χ3v) is 6.89. The molecule has 1 spiro atoms. The molecule has 4 rings (SSSR count). The summed E-state index contributed by atoms with van der Waals surface area (Å²) < 4.78 is 6.25. The van der Waals surface area contributed by atoms with Gasteiger partial charge < -0.3 is 20.5 Å². The number of primary amides is 1. The molecular formula is C20H23N3O4S. The minimum atomic E-state index is -0.985. The number of piperidine rings is 1. The van der Waals surface area contributed by atoms with Crippen molar-refractivity contribution in [1.29, 1.82) is 0 Å². The highest BCUT2D eigenvalue weighted by molar-refractivity contribution is 7.15. The van der Waals surface area contributed by atoms with Crippen LogP contribution in [0.4, 0.5) is 0 Å². The summed E-state index contributed by atoms with van der Waals surface area (Å²) in [5, 5.41) is 9.57. The number of aromatic nitrogens is 1. The van der Waals surface area contributed by atoms with Gasteiger partial charge in [0, 0.05) is 24.2 Å². The van der Waals surface area contributed by atoms with E-state index in [9.17, 15) is 14.7 Å². The van der Waals surface area contributed by atoms with Gasteiger partial charge in [0.2, 0.25) is 0 Å². The van der Waals surface area contributed by atoms with Gasteiger partial charge in [-0.25, -0.2) is 0 Å². The first-order valence-electron chi connectivity index (χ1n) is 9.40. The second kappa shape index (κ2) is 7.27. The predicted octanol–water partition coefficient (Wildman–Crippen LogP) is 1.68. The maximum Gasteiger partial charge on any atom is 0.251 e. The Kier molecular flexibility index (Phi) is 4.95. The number of likely N-dealkylation sites (tertiary alicyclic amines) is 1. The molecule has 2 aromatic rings. The summed E-state index contributed by atoms with van der Waals surface area (Å²) in [5.74, 6) is -0.734. The van der Waals surface area contributed by atoms with Crippen molar-refractivity contribution < 1.29 is 19.4 Å². The number of thiophene rings is 1. The molecule has 8 heteroatoms. The summed E-state index contributed by atoms with van der Waals surface area (Å²) in [6.45, 7) is 3.22. The van der Waals surface area contributed by atoms with Gasteiger partial charge in [-0.05, 0) is 49.9 Å². The zero-order valence-corrected chi connectivity index (χ0v) is 16.5. The van der Waals surface area contributed by atoms with Gasteiger partial charge in [-0.2, -0.15) is 0 Å². The molecule has 1 saturated heterocycles. The summed E-state index contributed by atoms with van der Waals surface area (Å²) in [6.07, 6.45) is 2.85. The quantitative estimate of drug-likeness (QED) is 0.814. The van der Waals surface area contributed by atoms with Gasteiger partial charge in [-0.15, -0.1) is 11.3 Å². The van der Waals surface area contributed by atoms with Crippen molar-refractivity contribution >= 4 is 23.2 Å². The highest BCUT2D eigenvalue weighted by Crippen LogP contribution is 2.47. The Labute approximate surface area is 167 Å². The van der Waals surface area contributed by atoms with E-state index in [2.05, 4.69) is 11.1 Å². The van der Waals surface area contributed by atoms with Crippen molar-refractivity contribution in [1.82, 2.24) is 9.88 Å². The van der Waals surface area contributed by atoms with Gasteiger partial charge in [0.1, 0.15) is 11.7 Å². The SMILES string of the molecule is C[C@H](O)C(=O)N1CCC2(CC1)OCCc1cc(-c3ncccc3C(N)=O)sc12. The molecule has 2 aromatic heterocycles. The number of pyridine rings is 1. The molecule has 148 valence electrons. The molecule has 0 radical (unpaired) electrons. The van der Waals surface area contributed by atoms with Gasteiger partial charge >= 0.3 is 0 Å². The highest BCUT2D eigenvalue weighted by Gasteiger charge is 2.43. The lowest BCUT2D eigenvalue weighted by Crippen LogP contribution is -2.49. The number of hydrogen-bond acceptors (Lipinski definition) is 6. The van der Waals surface area contributed by atoms with Gasteiger partial charge in [0.25, 0.3) is 11.8 Å². The third-order valence-electron chi connectivity index (χ3n) is 5.52. The normalized spacial score (nSPS) is 19.3. The number of carbonyl (C=O) groups excluding carboxylic acids is 2. The molecular weight excluding hydrogens is 378 g/mol. The molecule has 2 aliphatic rings. The van der Waals surface area contributed by atoms with Crippen LogP contribution in [0.5, 0.6) is 0 Å². The van der Waals surface area contributed by atoms with Crippen LogP contribution in [0.25, 0.3) is 10.6 Å². The monoisotopic (exact) mass is 401 g/mol. The fourth-order valence-corrected chi connectivity index (χ4v) is 5.48. The molecule has 0 bridgehead atoms. The number of fused-ring (bicyclic) bond motifs is 2. The van der Waals surface area contributed by atoms with E-state index in [4.69, 9.17) is 10.5 Å². The number of amides is 2. The Morgan fingerprint density at radius 2 is 2.14 bits per heavy atom. The summed E-state index contributed by atoms with van der Waals surface area (Å²) in [4.78, 5) is 32.0. The summed E-state index contributed by atoms with van der Waals surface area (Å²) in [5.41, 5.74) is 7.32. The average molecular weight is 401 g/mol. The molecule has 0 aliphatic carbocycles. The molecule has 1 atom stereocenters.